The number of aromatic nitrogens is 3. The maximum atomic E-state index is 12.9. The third kappa shape index (κ3) is 9.31. The topological polar surface area (TPSA) is 107 Å². The number of halogens is 2. The van der Waals surface area contributed by atoms with Gasteiger partial charge in [0, 0.05) is 32.5 Å². The van der Waals surface area contributed by atoms with E-state index in [1.807, 2.05) is 20.8 Å². The summed E-state index contributed by atoms with van der Waals surface area (Å²) in [5.74, 6) is -0.929. The van der Waals surface area contributed by atoms with Crippen LogP contribution in [-0.4, -0.2) is 51.6 Å². The van der Waals surface area contributed by atoms with Gasteiger partial charge in [0.1, 0.15) is 15.9 Å². The van der Waals surface area contributed by atoms with Crippen molar-refractivity contribution in [3.05, 3.63) is 40.6 Å². The van der Waals surface area contributed by atoms with Crippen LogP contribution in [0.1, 0.15) is 50.5 Å². The Balaban J connectivity index is 0.000000229. The molecule has 0 aliphatic carbocycles. The molecule has 9 nitrogen and oxygen atoms in total. The van der Waals surface area contributed by atoms with Gasteiger partial charge >= 0.3 is 6.09 Å². The van der Waals surface area contributed by atoms with Crippen LogP contribution in [0.3, 0.4) is 0 Å². The van der Waals surface area contributed by atoms with Crippen LogP contribution in [-0.2, 0) is 16.5 Å². The smallest absolute Gasteiger partial charge is 0.407 e. The van der Waals surface area contributed by atoms with Gasteiger partial charge < -0.3 is 20.1 Å². The summed E-state index contributed by atoms with van der Waals surface area (Å²) < 4.78 is 25.0. The highest BCUT2D eigenvalue weighted by Crippen LogP contribution is 2.14. The third-order valence-corrected chi connectivity index (χ3v) is 4.73. The predicted molar refractivity (Wildman–Crippen MR) is 121 cm³/mol. The highest BCUT2D eigenvalue weighted by atomic mass is 79.9. The van der Waals surface area contributed by atoms with E-state index in [9.17, 15) is 14.0 Å². The second kappa shape index (κ2) is 11.9. The number of anilines is 1. The highest BCUT2D eigenvalue weighted by Gasteiger charge is 2.20. The molecule has 0 spiro atoms. The molecule has 0 bridgehead atoms. The van der Waals surface area contributed by atoms with Crippen molar-refractivity contribution in [1.29, 1.82) is 0 Å². The minimum atomic E-state index is -0.511. The van der Waals surface area contributed by atoms with E-state index in [-0.39, 0.29) is 22.4 Å². The molecule has 2 aromatic rings. The molecule has 2 N–H and O–H groups in total. The fraction of sp³-hybridized carbons (Fsp3) is 0.524. The maximum absolute atomic E-state index is 12.9. The number of nitrogens with zero attached hydrogens (tertiary/aromatic N) is 3. The number of aryl methyl sites for hydroxylation is 1. The van der Waals surface area contributed by atoms with Crippen molar-refractivity contribution in [3.63, 3.8) is 0 Å². The largest absolute Gasteiger partial charge is 0.444 e. The summed E-state index contributed by atoms with van der Waals surface area (Å²) in [6, 6.07) is 2.68. The summed E-state index contributed by atoms with van der Waals surface area (Å²) >= 11 is 2.92. The normalized spacial score (nSPS) is 16.2. The van der Waals surface area contributed by atoms with E-state index < -0.39 is 17.3 Å². The third-order valence-electron chi connectivity index (χ3n) is 4.17. The number of pyridine rings is 1. The maximum Gasteiger partial charge on any atom is 0.407 e. The van der Waals surface area contributed by atoms with Gasteiger partial charge in [-0.2, -0.15) is 5.10 Å². The number of hydrogen-bond donors (Lipinski definition) is 2. The van der Waals surface area contributed by atoms with Gasteiger partial charge in [0.2, 0.25) is 0 Å². The fourth-order valence-electron chi connectivity index (χ4n) is 2.75. The molecule has 0 saturated carbocycles. The van der Waals surface area contributed by atoms with Gasteiger partial charge in [0.25, 0.3) is 5.91 Å². The number of rotatable bonds is 3. The molecule has 2 aromatic heterocycles. The first-order chi connectivity index (χ1) is 15.0. The monoisotopic (exact) mass is 513 g/mol. The Bertz CT molecular complexity index is 908. The van der Waals surface area contributed by atoms with E-state index in [1.54, 1.807) is 17.9 Å². The Hall–Kier alpha value is -2.53. The molecule has 0 radical (unpaired) electrons. The van der Waals surface area contributed by atoms with Gasteiger partial charge in [-0.3, -0.25) is 9.48 Å². The van der Waals surface area contributed by atoms with Crippen molar-refractivity contribution in [2.45, 2.75) is 51.7 Å². The van der Waals surface area contributed by atoms with Crippen molar-refractivity contribution in [1.82, 2.24) is 20.1 Å². The highest BCUT2D eigenvalue weighted by molar-refractivity contribution is 9.10. The van der Waals surface area contributed by atoms with Crippen LogP contribution < -0.4 is 10.6 Å². The predicted octanol–water partition coefficient (Wildman–Crippen LogP) is 4.05. The van der Waals surface area contributed by atoms with Crippen LogP contribution >= 0.6 is 15.9 Å². The summed E-state index contributed by atoms with van der Waals surface area (Å²) in [5, 5.41) is 9.38. The van der Waals surface area contributed by atoms with Crippen molar-refractivity contribution < 1.29 is 23.5 Å². The molecule has 1 unspecified atom stereocenters. The van der Waals surface area contributed by atoms with Crippen molar-refractivity contribution in [3.8, 4) is 0 Å². The average Bonchev–Trinajstić information content (AvgIpc) is 2.93. The second-order valence-electron chi connectivity index (χ2n) is 8.21. The lowest BCUT2D eigenvalue weighted by molar-refractivity contribution is 0.0497. The van der Waals surface area contributed by atoms with Gasteiger partial charge in [-0.25, -0.2) is 14.2 Å². The molecule has 3 heterocycles. The zero-order valence-corrected chi connectivity index (χ0v) is 20.2. The Kier molecular flexibility index (Phi) is 9.58. The second-order valence-corrected chi connectivity index (χ2v) is 8.96. The Morgan fingerprint density at radius 2 is 2.03 bits per heavy atom. The van der Waals surface area contributed by atoms with E-state index in [2.05, 4.69) is 36.6 Å². The molecule has 11 heteroatoms. The number of hydrogen-bond acceptors (Lipinski definition) is 6. The summed E-state index contributed by atoms with van der Waals surface area (Å²) in [6.07, 6.45) is 5.68. The summed E-state index contributed by atoms with van der Waals surface area (Å²) in [4.78, 5) is 27.0. The zero-order valence-electron chi connectivity index (χ0n) is 18.7. The number of nitrogens with one attached hydrogen (secondary N) is 2. The Morgan fingerprint density at radius 3 is 2.66 bits per heavy atom. The van der Waals surface area contributed by atoms with E-state index in [1.165, 1.54) is 18.3 Å². The molecular formula is C21H29BrFN5O4. The molecule has 1 atom stereocenters. The summed E-state index contributed by atoms with van der Waals surface area (Å²) in [6.45, 7) is 7.11. The quantitative estimate of drug-likeness (QED) is 0.599. The molecule has 1 aliphatic rings. The first-order valence-corrected chi connectivity index (χ1v) is 11.0. The van der Waals surface area contributed by atoms with Gasteiger partial charge in [0.15, 0.2) is 5.82 Å². The first-order valence-electron chi connectivity index (χ1n) is 10.2. The molecule has 1 saturated heterocycles. The van der Waals surface area contributed by atoms with Crippen LogP contribution in [0.2, 0.25) is 0 Å². The van der Waals surface area contributed by atoms with Gasteiger partial charge in [-0.15, -0.1) is 0 Å². The van der Waals surface area contributed by atoms with Crippen LogP contribution in [0.15, 0.2) is 29.1 Å². The Labute approximate surface area is 195 Å². The minimum Gasteiger partial charge on any atom is -0.444 e. The van der Waals surface area contributed by atoms with Crippen molar-refractivity contribution in [2.24, 2.45) is 7.05 Å². The van der Waals surface area contributed by atoms with E-state index >= 15 is 0 Å². The van der Waals surface area contributed by atoms with Crippen LogP contribution in [0, 0.1) is 5.82 Å². The van der Waals surface area contributed by atoms with Gasteiger partial charge in [0.05, 0.1) is 11.9 Å². The van der Waals surface area contributed by atoms with E-state index in [0.29, 0.717) is 5.69 Å². The lowest BCUT2D eigenvalue weighted by atomic mass is 10.1. The number of carbonyl (C=O) groups is 2. The summed E-state index contributed by atoms with van der Waals surface area (Å²) in [5.41, 5.74) is 0.257. The number of ether oxygens (including phenoxy) is 2. The molecule has 2 amide bonds. The molecular weight excluding hydrogens is 485 g/mol. The van der Waals surface area contributed by atoms with E-state index in [0.717, 1.165) is 32.5 Å². The van der Waals surface area contributed by atoms with E-state index in [4.69, 9.17) is 9.47 Å². The molecule has 0 aromatic carbocycles. The van der Waals surface area contributed by atoms with Gasteiger partial charge in [-0.05, 0) is 68.1 Å². The fourth-order valence-corrected chi connectivity index (χ4v) is 3.07. The minimum absolute atomic E-state index is 0.0105. The lowest BCUT2D eigenvalue weighted by Crippen LogP contribution is -2.39. The zero-order chi connectivity index (χ0) is 23.7. The van der Waals surface area contributed by atoms with Crippen LogP contribution in [0.5, 0.6) is 0 Å². The van der Waals surface area contributed by atoms with Crippen molar-refractivity contribution >= 4 is 33.6 Å². The van der Waals surface area contributed by atoms with Gasteiger partial charge in [-0.1, -0.05) is 0 Å². The molecule has 1 fully saturated rings. The first kappa shape index (κ1) is 25.7. The average molecular weight is 514 g/mol. The summed E-state index contributed by atoms with van der Waals surface area (Å²) in [7, 11) is 1.74. The standard InChI is InChI=1S/C11H21NO3.C10H8BrFN4O/c1-11(2,3)15-10(13)12-9-5-4-7-14-8-6-9;1-16-5-6(4-13-16)14-10(17)8-3-2-7(12)9(11)15-8/h9H,4-8H2,1-3H3,(H,12,13);2-5H,1H3,(H,14,17). The molecule has 176 valence electrons. The lowest BCUT2D eigenvalue weighted by Gasteiger charge is -2.22. The SMILES string of the molecule is CC(C)(C)OC(=O)NC1CCCOCC1.Cn1cc(NC(=O)c2ccc(F)c(Br)n2)cn1. The molecule has 3 rings (SSSR count). The Morgan fingerprint density at radius 1 is 1.28 bits per heavy atom. The van der Waals surface area contributed by atoms with Crippen LogP contribution in [0.4, 0.5) is 14.9 Å². The number of amides is 2. The van der Waals surface area contributed by atoms with Crippen molar-refractivity contribution in [2.75, 3.05) is 18.5 Å². The number of alkyl carbamates (subject to hydrolysis) is 1. The number of carbonyl (C=O) groups excluding carboxylic acids is 2. The molecule has 32 heavy (non-hydrogen) atoms. The van der Waals surface area contributed by atoms with Crippen LogP contribution in [0.25, 0.3) is 0 Å². The molecule has 1 aliphatic heterocycles.